The second kappa shape index (κ2) is 7.37. The van der Waals surface area contributed by atoms with Crippen molar-refractivity contribution in [3.8, 4) is 0 Å². The van der Waals surface area contributed by atoms with Crippen LogP contribution in [0.15, 0.2) is 59.5 Å². The van der Waals surface area contributed by atoms with Crippen LogP contribution in [-0.4, -0.2) is 49.7 Å². The Bertz CT molecular complexity index is 825. The molecule has 0 N–H and O–H groups in total. The minimum Gasteiger partial charge on any atom is -0.340 e. The van der Waals surface area contributed by atoms with E-state index < -0.39 is 10.0 Å². The Hall–Kier alpha value is -2.18. The summed E-state index contributed by atoms with van der Waals surface area (Å²) in [6.45, 7) is 3.53. The van der Waals surface area contributed by atoms with Gasteiger partial charge in [0, 0.05) is 26.2 Å². The summed E-state index contributed by atoms with van der Waals surface area (Å²) >= 11 is 0. The van der Waals surface area contributed by atoms with Crippen LogP contribution in [0.1, 0.15) is 11.1 Å². The van der Waals surface area contributed by atoms with Crippen LogP contribution in [0, 0.1) is 6.92 Å². The number of nitrogens with zero attached hydrogens (tertiary/aromatic N) is 2. The normalized spacial score (nSPS) is 16.0. The first-order chi connectivity index (χ1) is 12.0. The van der Waals surface area contributed by atoms with Crippen LogP contribution in [0.4, 0.5) is 0 Å². The van der Waals surface area contributed by atoms with Crippen molar-refractivity contribution in [2.24, 2.45) is 0 Å². The van der Waals surface area contributed by atoms with E-state index in [0.29, 0.717) is 37.5 Å². The molecule has 1 aliphatic rings. The molecule has 1 aliphatic heterocycles. The second-order valence-corrected chi connectivity index (χ2v) is 8.20. The molecule has 1 heterocycles. The Kier molecular flexibility index (Phi) is 5.20. The third kappa shape index (κ3) is 4.08. The first-order valence-corrected chi connectivity index (χ1v) is 9.79. The van der Waals surface area contributed by atoms with E-state index in [-0.39, 0.29) is 5.91 Å². The summed E-state index contributed by atoms with van der Waals surface area (Å²) in [5.41, 5.74) is 2.14. The highest BCUT2D eigenvalue weighted by molar-refractivity contribution is 7.89. The zero-order valence-corrected chi connectivity index (χ0v) is 15.1. The zero-order chi connectivity index (χ0) is 17.9. The maximum atomic E-state index is 12.6. The van der Waals surface area contributed by atoms with E-state index in [1.807, 2.05) is 31.2 Å². The summed E-state index contributed by atoms with van der Waals surface area (Å²) in [6.07, 6.45) is 0.353. The van der Waals surface area contributed by atoms with Crippen molar-refractivity contribution < 1.29 is 13.2 Å². The molecule has 2 aromatic rings. The molecule has 0 aromatic heterocycles. The van der Waals surface area contributed by atoms with Gasteiger partial charge in [-0.25, -0.2) is 8.42 Å². The van der Waals surface area contributed by atoms with E-state index in [1.165, 1.54) is 4.31 Å². The standard InChI is InChI=1S/C19H22N2O3S/c1-16-7-9-17(10-8-16)15-19(22)20-11-13-21(14-12-20)25(23,24)18-5-3-2-4-6-18/h2-10H,11-15H2,1H3. The minimum absolute atomic E-state index is 0.0422. The number of rotatable bonds is 4. The highest BCUT2D eigenvalue weighted by Crippen LogP contribution is 2.17. The van der Waals surface area contributed by atoms with Crippen LogP contribution in [0.25, 0.3) is 0 Å². The molecule has 0 unspecified atom stereocenters. The van der Waals surface area contributed by atoms with E-state index in [1.54, 1.807) is 35.2 Å². The summed E-state index contributed by atoms with van der Waals surface area (Å²) in [5, 5.41) is 0. The smallest absolute Gasteiger partial charge is 0.243 e. The molecule has 0 atom stereocenters. The third-order valence-electron chi connectivity index (χ3n) is 4.45. The summed E-state index contributed by atoms with van der Waals surface area (Å²) < 4.78 is 26.7. The predicted molar refractivity (Wildman–Crippen MR) is 96.7 cm³/mol. The van der Waals surface area contributed by atoms with E-state index in [2.05, 4.69) is 0 Å². The molecule has 6 heteroatoms. The van der Waals surface area contributed by atoms with E-state index in [0.717, 1.165) is 11.1 Å². The summed E-state index contributed by atoms with van der Waals surface area (Å²) in [4.78, 5) is 14.5. The van der Waals surface area contributed by atoms with E-state index in [4.69, 9.17) is 0 Å². The molecule has 132 valence electrons. The van der Waals surface area contributed by atoms with Gasteiger partial charge in [0.05, 0.1) is 11.3 Å². The first kappa shape index (κ1) is 17.6. The van der Waals surface area contributed by atoms with Crippen LogP contribution in [0.5, 0.6) is 0 Å². The fourth-order valence-corrected chi connectivity index (χ4v) is 4.35. The Morgan fingerprint density at radius 2 is 1.52 bits per heavy atom. The van der Waals surface area contributed by atoms with Crippen molar-refractivity contribution in [2.45, 2.75) is 18.2 Å². The number of sulfonamides is 1. The van der Waals surface area contributed by atoms with Crippen molar-refractivity contribution in [1.29, 1.82) is 0 Å². The van der Waals surface area contributed by atoms with Gasteiger partial charge >= 0.3 is 0 Å². The average Bonchev–Trinajstić information content (AvgIpc) is 2.64. The van der Waals surface area contributed by atoms with Gasteiger partial charge in [-0.15, -0.1) is 0 Å². The van der Waals surface area contributed by atoms with Crippen molar-refractivity contribution in [1.82, 2.24) is 9.21 Å². The Balaban J connectivity index is 1.60. The number of carbonyl (C=O) groups is 1. The van der Waals surface area contributed by atoms with Gasteiger partial charge in [0.15, 0.2) is 0 Å². The fraction of sp³-hybridized carbons (Fsp3) is 0.316. The highest BCUT2D eigenvalue weighted by Gasteiger charge is 2.29. The molecule has 1 fully saturated rings. The number of hydrogen-bond donors (Lipinski definition) is 0. The van der Waals surface area contributed by atoms with Crippen molar-refractivity contribution >= 4 is 15.9 Å². The lowest BCUT2D eigenvalue weighted by atomic mass is 10.1. The van der Waals surface area contributed by atoms with Crippen molar-refractivity contribution in [3.63, 3.8) is 0 Å². The minimum atomic E-state index is -3.48. The van der Waals surface area contributed by atoms with Crippen LogP contribution < -0.4 is 0 Å². The zero-order valence-electron chi connectivity index (χ0n) is 14.3. The van der Waals surface area contributed by atoms with Gasteiger partial charge in [0.25, 0.3) is 0 Å². The van der Waals surface area contributed by atoms with Gasteiger partial charge in [0.2, 0.25) is 15.9 Å². The molecule has 0 saturated carbocycles. The summed E-state index contributed by atoms with van der Waals surface area (Å²) in [6, 6.07) is 16.3. The van der Waals surface area contributed by atoms with Crippen molar-refractivity contribution in [3.05, 3.63) is 65.7 Å². The van der Waals surface area contributed by atoms with E-state index in [9.17, 15) is 13.2 Å². The topological polar surface area (TPSA) is 57.7 Å². The molecule has 0 aliphatic carbocycles. The van der Waals surface area contributed by atoms with Gasteiger partial charge in [-0.3, -0.25) is 4.79 Å². The number of benzene rings is 2. The maximum Gasteiger partial charge on any atom is 0.243 e. The van der Waals surface area contributed by atoms with Crippen LogP contribution in [-0.2, 0) is 21.2 Å². The Morgan fingerprint density at radius 1 is 0.920 bits per heavy atom. The number of carbonyl (C=O) groups excluding carboxylic acids is 1. The Labute approximate surface area is 148 Å². The highest BCUT2D eigenvalue weighted by atomic mass is 32.2. The molecule has 5 nitrogen and oxygen atoms in total. The van der Waals surface area contributed by atoms with Gasteiger partial charge in [0.1, 0.15) is 0 Å². The number of hydrogen-bond acceptors (Lipinski definition) is 3. The summed E-state index contributed by atoms with van der Waals surface area (Å²) in [5.74, 6) is 0.0422. The molecule has 25 heavy (non-hydrogen) atoms. The van der Waals surface area contributed by atoms with Gasteiger partial charge in [-0.05, 0) is 24.6 Å². The molecular weight excluding hydrogens is 336 g/mol. The molecule has 3 rings (SSSR count). The fourth-order valence-electron chi connectivity index (χ4n) is 2.91. The Morgan fingerprint density at radius 3 is 2.12 bits per heavy atom. The van der Waals surface area contributed by atoms with Crippen LogP contribution >= 0.6 is 0 Å². The second-order valence-electron chi connectivity index (χ2n) is 6.26. The monoisotopic (exact) mass is 358 g/mol. The van der Waals surface area contributed by atoms with Crippen LogP contribution in [0.2, 0.25) is 0 Å². The largest absolute Gasteiger partial charge is 0.340 e. The lowest BCUT2D eigenvalue weighted by molar-refractivity contribution is -0.131. The maximum absolute atomic E-state index is 12.6. The molecule has 2 aromatic carbocycles. The number of aryl methyl sites for hydroxylation is 1. The van der Waals surface area contributed by atoms with Crippen molar-refractivity contribution in [2.75, 3.05) is 26.2 Å². The molecule has 0 radical (unpaired) electrons. The molecule has 0 spiro atoms. The van der Waals surface area contributed by atoms with Crippen LogP contribution in [0.3, 0.4) is 0 Å². The van der Waals surface area contributed by atoms with E-state index >= 15 is 0 Å². The SMILES string of the molecule is Cc1ccc(CC(=O)N2CCN(S(=O)(=O)c3ccccc3)CC2)cc1. The molecule has 1 amide bonds. The van der Waals surface area contributed by atoms with Gasteiger partial charge in [-0.1, -0.05) is 48.0 Å². The summed E-state index contributed by atoms with van der Waals surface area (Å²) in [7, 11) is -3.48. The van der Waals surface area contributed by atoms with Gasteiger partial charge in [-0.2, -0.15) is 4.31 Å². The number of amides is 1. The third-order valence-corrected chi connectivity index (χ3v) is 6.36. The average molecular weight is 358 g/mol. The quantitative estimate of drug-likeness (QED) is 0.841. The number of piperazine rings is 1. The molecular formula is C19H22N2O3S. The lowest BCUT2D eigenvalue weighted by Gasteiger charge is -2.34. The predicted octanol–water partition coefficient (Wildman–Crippen LogP) is 2.07. The van der Waals surface area contributed by atoms with Gasteiger partial charge < -0.3 is 4.90 Å². The first-order valence-electron chi connectivity index (χ1n) is 8.35. The molecule has 1 saturated heterocycles. The lowest BCUT2D eigenvalue weighted by Crippen LogP contribution is -2.50. The molecule has 0 bridgehead atoms.